The second-order valence-corrected chi connectivity index (χ2v) is 36.2. The van der Waals surface area contributed by atoms with Gasteiger partial charge in [-0.15, -0.1) is 0 Å². The van der Waals surface area contributed by atoms with E-state index in [1.807, 2.05) is 0 Å². The lowest BCUT2D eigenvalue weighted by atomic mass is 9.99. The van der Waals surface area contributed by atoms with Gasteiger partial charge in [-0.2, -0.15) is 0 Å². The van der Waals surface area contributed by atoms with Gasteiger partial charge in [-0.1, -0.05) is 25.7 Å². The summed E-state index contributed by atoms with van der Waals surface area (Å²) in [5.74, 6) is -5.97. The third-order valence-corrected chi connectivity index (χ3v) is 25.1. The normalized spacial score (nSPS) is 30.7. The molecule has 0 radical (unpaired) electrons. The Hall–Kier alpha value is -6.82. The molecule has 0 bridgehead atoms. The minimum absolute atomic E-state index is 0.0149. The SMILES string of the molecule is O=C(O)CCCCCNC(=O)C(CCCCNC(=O)CCCCCNC(=O)CN(CC(=O)N(CCO[C@H]1O[C@H](CO)[C@@H](O)[C@H](O)[C@@H]1O)CCO[C@H]1O[C@H](CO)[C@@H](O)[C@H](O)[C@@H]1O)CC(=O)N(CCO[C@H]1O[C@H](CO)[C@@H](O)[C@H](O)[C@@H]1O)CCO[C@H]1O[C@H](CO)[C@@H](O)[C@H](O)[C@@H]1O)NC(=O)CCCCCNC(=O)CCCCCNC(=O)CNCC(=O)N(CCO[C@H]1O[C@H](CO)[C@@H](O)[C@H](O)[C@@H]1O)CCO[C@H]1O[C@H](CO)[C@@H](O)[C@H](O)[C@@H]1O. The summed E-state index contributed by atoms with van der Waals surface area (Å²) >= 11 is 0. The summed E-state index contributed by atoms with van der Waals surface area (Å²) in [6, 6.07) is -0.959. The number of rotatable bonds is 71. The predicted octanol–water partition coefficient (Wildman–Crippen LogP) is -17.2. The van der Waals surface area contributed by atoms with Gasteiger partial charge in [-0.25, -0.2) is 0 Å². The highest BCUT2D eigenvalue weighted by molar-refractivity contribution is 5.88. The zero-order valence-corrected chi connectivity index (χ0v) is 81.6. The Morgan fingerprint density at radius 2 is 0.514 bits per heavy atom. The predicted molar refractivity (Wildman–Crippen MR) is 490 cm³/mol. The molecule has 31 atom stereocenters. The van der Waals surface area contributed by atoms with Crippen molar-refractivity contribution >= 4 is 59.1 Å². The zero-order chi connectivity index (χ0) is 108. The Bertz CT molecular complexity index is 3530. The minimum Gasteiger partial charge on any atom is -0.481 e. The molecule has 32 N–H and O–H groups in total. The van der Waals surface area contributed by atoms with Crippen LogP contribution in [0, 0.1) is 0 Å². The summed E-state index contributed by atoms with van der Waals surface area (Å²) in [7, 11) is 0. The molecule has 6 aliphatic heterocycles. The monoisotopic (exact) mass is 2120 g/mol. The number of hydrogen-bond donors (Lipinski definition) is 32. The van der Waals surface area contributed by atoms with E-state index >= 15 is 0 Å². The summed E-state index contributed by atoms with van der Waals surface area (Å²) in [5.41, 5.74) is 0. The fourth-order valence-corrected chi connectivity index (χ4v) is 16.2. The van der Waals surface area contributed by atoms with Crippen LogP contribution in [-0.2, 0) is 105 Å². The van der Waals surface area contributed by atoms with Crippen LogP contribution in [0.25, 0.3) is 0 Å². The number of hydrogen-bond acceptors (Lipinski definition) is 48. The lowest BCUT2D eigenvalue weighted by molar-refractivity contribution is -0.303. The number of nitrogens with zero attached hydrogens (tertiary/aromatic N) is 4. The molecular formula is C88H157N11O47. The van der Waals surface area contributed by atoms with Crippen molar-refractivity contribution in [3.63, 3.8) is 0 Å². The van der Waals surface area contributed by atoms with Crippen molar-refractivity contribution in [3.05, 3.63) is 0 Å². The first kappa shape index (κ1) is 128. The third-order valence-electron chi connectivity index (χ3n) is 25.1. The van der Waals surface area contributed by atoms with Crippen LogP contribution in [0.3, 0.4) is 0 Å². The number of carboxylic acids is 1. The van der Waals surface area contributed by atoms with E-state index < -0.39 is 349 Å². The van der Waals surface area contributed by atoms with Crippen molar-refractivity contribution in [3.8, 4) is 0 Å². The van der Waals surface area contributed by atoms with Crippen LogP contribution >= 0.6 is 0 Å². The van der Waals surface area contributed by atoms with Crippen molar-refractivity contribution < 1.29 is 232 Å². The van der Waals surface area contributed by atoms with Crippen LogP contribution in [0.2, 0.25) is 0 Å². The lowest BCUT2D eigenvalue weighted by Crippen LogP contribution is -2.59. The number of nitrogens with one attached hydrogen (secondary N) is 7. The molecule has 146 heavy (non-hydrogen) atoms. The van der Waals surface area contributed by atoms with Crippen molar-refractivity contribution in [2.24, 2.45) is 0 Å². The molecule has 9 amide bonds. The van der Waals surface area contributed by atoms with Gasteiger partial charge in [0.1, 0.15) is 153 Å². The molecule has 0 aromatic heterocycles. The number of carbonyl (C=O) groups is 10. The smallest absolute Gasteiger partial charge is 0.303 e. The van der Waals surface area contributed by atoms with E-state index in [9.17, 15) is 171 Å². The number of amides is 9. The van der Waals surface area contributed by atoms with Gasteiger partial charge < -0.3 is 231 Å². The summed E-state index contributed by atoms with van der Waals surface area (Å²) in [4.78, 5) is 138. The maximum Gasteiger partial charge on any atom is 0.303 e. The van der Waals surface area contributed by atoms with Crippen molar-refractivity contribution in [1.82, 2.24) is 56.8 Å². The zero-order valence-electron chi connectivity index (χ0n) is 81.6. The van der Waals surface area contributed by atoms with E-state index in [4.69, 9.17) is 61.9 Å². The number of unbranched alkanes of at least 4 members (excludes halogenated alkanes) is 9. The topological polar surface area (TPSA) is 884 Å². The first-order chi connectivity index (χ1) is 69.7. The van der Waals surface area contributed by atoms with Gasteiger partial charge in [-0.3, -0.25) is 58.2 Å². The molecule has 0 aromatic rings. The van der Waals surface area contributed by atoms with E-state index in [1.165, 1.54) is 4.90 Å². The highest BCUT2D eigenvalue weighted by Crippen LogP contribution is 2.29. The number of ether oxygens (including phenoxy) is 12. The molecule has 0 aliphatic carbocycles. The molecule has 58 nitrogen and oxygen atoms in total. The quantitative estimate of drug-likeness (QED) is 0.0251. The van der Waals surface area contributed by atoms with Gasteiger partial charge in [0.25, 0.3) is 0 Å². The van der Waals surface area contributed by atoms with Crippen molar-refractivity contribution in [2.45, 2.75) is 312 Å². The molecule has 1 unspecified atom stereocenters. The van der Waals surface area contributed by atoms with E-state index in [-0.39, 0.29) is 116 Å². The van der Waals surface area contributed by atoms with Gasteiger partial charge in [0.2, 0.25) is 53.2 Å². The Labute approximate surface area is 841 Å². The average molecular weight is 2120 g/mol. The molecule has 6 fully saturated rings. The summed E-state index contributed by atoms with van der Waals surface area (Å²) in [5, 5.41) is 275. The molecule has 846 valence electrons. The molecule has 0 aromatic carbocycles. The van der Waals surface area contributed by atoms with Crippen LogP contribution in [0.1, 0.15) is 122 Å². The highest BCUT2D eigenvalue weighted by Gasteiger charge is 2.51. The van der Waals surface area contributed by atoms with Crippen LogP contribution < -0.4 is 37.2 Å². The fourth-order valence-electron chi connectivity index (χ4n) is 16.2. The van der Waals surface area contributed by atoms with Crippen LogP contribution in [0.15, 0.2) is 0 Å². The van der Waals surface area contributed by atoms with Gasteiger partial charge >= 0.3 is 5.97 Å². The molecule has 6 saturated heterocycles. The molecule has 58 heteroatoms. The third kappa shape index (κ3) is 43.0. The first-order valence-corrected chi connectivity index (χ1v) is 49.4. The minimum atomic E-state index is -1.89. The summed E-state index contributed by atoms with van der Waals surface area (Å²) in [6.45, 7) is -12.0. The Morgan fingerprint density at radius 1 is 0.260 bits per heavy atom. The number of aliphatic hydroxyl groups excluding tert-OH is 24. The van der Waals surface area contributed by atoms with Gasteiger partial charge in [0.15, 0.2) is 37.7 Å². The van der Waals surface area contributed by atoms with Crippen LogP contribution in [0.5, 0.6) is 0 Å². The molecule has 6 heterocycles. The molecular weight excluding hydrogens is 1960 g/mol. The van der Waals surface area contributed by atoms with Gasteiger partial charge in [0.05, 0.1) is 112 Å². The Kier molecular flexibility index (Phi) is 60.4. The first-order valence-electron chi connectivity index (χ1n) is 49.4. The number of carboxylic acid groups (broad SMARTS) is 1. The summed E-state index contributed by atoms with van der Waals surface area (Å²) < 4.78 is 66.4. The standard InChI is InChI=1S/C88H157N11O47/c100-42-49-64(116)70(122)76(128)83(141-49)135-31-25-97(26-32-136-84-77(129)71(123)65(117)50(43-101)142-84)60(111)38-89-37-58(109)92-21-11-1-5-16-55(106)90-20-10-3-7-18-57(108)95-48(82(134)94-24-13-4-8-19-63(114)115)15-9-14-23-91-56(107)17-6-2-12-22-93-59(110)39-96(40-61(112)98(27-33-137-85-78(130)72(124)66(118)51(44-102)143-85)28-34-138-86-79(131)73(125)67(119)52(45-103)144-86)41-62(113)99(29-35-139-87-80(132)74(126)68(120)53(46-104)145-87)30-36-140-88-81(133)75(127)69(121)54(47-105)146-88/h48-54,64-81,83-89,100-105,116-133H,1-47H2,(H,90,106)(H,91,107)(H,92,109)(H,93,110)(H,94,134)(H,95,108)(H,114,115)/t48?,49-,50-,51-,52-,53-,54-,64-,65-,66-,67-,68-,69-,70+,71+,72+,73+,74+,75+,76+,77+,78+,79+,80+,81+,83+,84+,85+,86+,87+,88+/m1/s1. The van der Waals surface area contributed by atoms with Gasteiger partial charge in [-0.05, 0) is 70.6 Å². The maximum absolute atomic E-state index is 14.8. The fraction of sp³-hybridized carbons (Fsp3) is 0.886. The number of aliphatic hydroxyl groups is 24. The number of carbonyl (C=O) groups excluding carboxylic acids is 9. The van der Waals surface area contributed by atoms with E-state index in [0.717, 1.165) is 14.7 Å². The average Bonchev–Trinajstić information content (AvgIpc) is 0.838. The van der Waals surface area contributed by atoms with Crippen molar-refractivity contribution in [1.29, 1.82) is 0 Å². The molecule has 6 rings (SSSR count). The summed E-state index contributed by atoms with van der Waals surface area (Å²) in [6.07, 6.45) is -43.8. The van der Waals surface area contributed by atoms with Crippen LogP contribution in [-0.4, -0.2) is 581 Å². The van der Waals surface area contributed by atoms with E-state index in [1.54, 1.807) is 0 Å². The number of aliphatic carboxylic acids is 1. The second kappa shape index (κ2) is 69.0. The second-order valence-electron chi connectivity index (χ2n) is 36.2. The van der Waals surface area contributed by atoms with Gasteiger partial charge in [0, 0.05) is 97.7 Å². The Balaban J connectivity index is 0.954. The lowest BCUT2D eigenvalue weighted by Gasteiger charge is -2.40. The maximum atomic E-state index is 14.8. The molecule has 0 spiro atoms. The largest absolute Gasteiger partial charge is 0.481 e. The van der Waals surface area contributed by atoms with Crippen molar-refractivity contribution in [2.75, 3.05) is 184 Å². The highest BCUT2D eigenvalue weighted by atomic mass is 16.7. The molecule has 0 saturated carbocycles. The van der Waals surface area contributed by atoms with E-state index in [2.05, 4.69) is 37.2 Å². The Morgan fingerprint density at radius 3 is 0.801 bits per heavy atom. The molecule has 6 aliphatic rings. The van der Waals surface area contributed by atoms with E-state index in [0.29, 0.717) is 90.0 Å². The van der Waals surface area contributed by atoms with Crippen LogP contribution in [0.4, 0.5) is 0 Å².